The fourth-order valence-electron chi connectivity index (χ4n) is 0.808. The summed E-state index contributed by atoms with van der Waals surface area (Å²) in [6, 6.07) is 3.15. The molecule has 0 aliphatic rings. The number of rotatable bonds is 4. The summed E-state index contributed by atoms with van der Waals surface area (Å²) >= 11 is 4.88. The van der Waals surface area contributed by atoms with Gasteiger partial charge >= 0.3 is 0 Å². The van der Waals surface area contributed by atoms with Crippen molar-refractivity contribution in [2.75, 3.05) is 13.8 Å². The minimum atomic E-state index is 0.113. The van der Waals surface area contributed by atoms with Crippen LogP contribution in [0.15, 0.2) is 23.4 Å². The van der Waals surface area contributed by atoms with E-state index in [2.05, 4.69) is 20.8 Å². The van der Waals surface area contributed by atoms with Gasteiger partial charge in [-0.25, -0.2) is 0 Å². The van der Waals surface area contributed by atoms with Crippen molar-refractivity contribution in [2.24, 2.45) is 5.10 Å². The van der Waals surface area contributed by atoms with E-state index in [1.807, 2.05) is 0 Å². The van der Waals surface area contributed by atoms with E-state index >= 15 is 0 Å². The molecule has 0 radical (unpaired) electrons. The van der Waals surface area contributed by atoms with Gasteiger partial charge in [0.2, 0.25) is 0 Å². The van der Waals surface area contributed by atoms with E-state index in [9.17, 15) is 0 Å². The molecule has 7 heteroatoms. The number of aromatic hydroxyl groups is 1. The monoisotopic (exact) mass is 240 g/mol. The van der Waals surface area contributed by atoms with Crippen molar-refractivity contribution < 1.29 is 9.84 Å². The van der Waals surface area contributed by atoms with Crippen LogP contribution in [0.3, 0.4) is 0 Å². The molecule has 0 bridgehead atoms. The Morgan fingerprint density at radius 2 is 2.50 bits per heavy atom. The lowest BCUT2D eigenvalue weighted by atomic mass is 10.4. The zero-order valence-corrected chi connectivity index (χ0v) is 9.49. The Labute approximate surface area is 98.3 Å². The van der Waals surface area contributed by atoms with Gasteiger partial charge in [-0.15, -0.1) is 0 Å². The lowest BCUT2D eigenvalue weighted by molar-refractivity contribution is 0.192. The van der Waals surface area contributed by atoms with Crippen LogP contribution in [0, 0.1) is 0 Å². The van der Waals surface area contributed by atoms with Crippen LogP contribution in [-0.2, 0) is 4.74 Å². The van der Waals surface area contributed by atoms with Crippen LogP contribution < -0.4 is 10.7 Å². The van der Waals surface area contributed by atoms with Gasteiger partial charge < -0.3 is 15.2 Å². The van der Waals surface area contributed by atoms with Crippen LogP contribution in [0.1, 0.15) is 5.69 Å². The lowest BCUT2D eigenvalue weighted by Gasteiger charge is -2.04. The quantitative estimate of drug-likeness (QED) is 0.302. The molecule has 1 aromatic heterocycles. The van der Waals surface area contributed by atoms with Crippen molar-refractivity contribution in [1.82, 2.24) is 15.7 Å². The summed E-state index contributed by atoms with van der Waals surface area (Å²) in [7, 11) is 1.55. The van der Waals surface area contributed by atoms with Crippen molar-refractivity contribution >= 4 is 23.5 Å². The molecule has 0 atom stereocenters. The second kappa shape index (κ2) is 6.70. The SMILES string of the molecule is COCNC(=S)N/N=C\c1ccc(O)cn1. The minimum absolute atomic E-state index is 0.113. The first kappa shape index (κ1) is 12.3. The van der Waals surface area contributed by atoms with E-state index < -0.39 is 0 Å². The van der Waals surface area contributed by atoms with Crippen LogP contribution in [0.25, 0.3) is 0 Å². The zero-order valence-electron chi connectivity index (χ0n) is 8.67. The van der Waals surface area contributed by atoms with Gasteiger partial charge in [0.15, 0.2) is 5.11 Å². The number of aromatic nitrogens is 1. The van der Waals surface area contributed by atoms with Crippen molar-refractivity contribution in [2.45, 2.75) is 0 Å². The molecule has 0 aliphatic heterocycles. The first-order valence-corrected chi connectivity index (χ1v) is 4.84. The van der Waals surface area contributed by atoms with E-state index in [-0.39, 0.29) is 5.75 Å². The molecule has 3 N–H and O–H groups in total. The molecule has 0 unspecified atom stereocenters. The van der Waals surface area contributed by atoms with Gasteiger partial charge in [-0.1, -0.05) is 0 Å². The molecule has 0 saturated carbocycles. The first-order valence-electron chi connectivity index (χ1n) is 4.43. The topological polar surface area (TPSA) is 78.8 Å². The van der Waals surface area contributed by atoms with Crippen molar-refractivity contribution in [1.29, 1.82) is 0 Å². The Morgan fingerprint density at radius 3 is 3.12 bits per heavy atom. The number of nitrogens with one attached hydrogen (secondary N) is 2. The average Bonchev–Trinajstić information content (AvgIpc) is 2.29. The number of ether oxygens (including phenoxy) is 1. The summed E-state index contributed by atoms with van der Waals surface area (Å²) in [5.74, 6) is 0.113. The Hall–Kier alpha value is -1.73. The van der Waals surface area contributed by atoms with Gasteiger partial charge in [0.1, 0.15) is 12.5 Å². The average molecular weight is 240 g/mol. The number of hydrazone groups is 1. The standard InChI is InChI=1S/C9H12N4O2S/c1-15-6-11-9(16)13-12-4-7-2-3-8(14)5-10-7/h2-5,14H,6H2,1H3,(H2,11,13,16)/b12-4-. The number of thiocarbonyl (C=S) groups is 1. The third-order valence-electron chi connectivity index (χ3n) is 1.51. The highest BCUT2D eigenvalue weighted by atomic mass is 32.1. The van der Waals surface area contributed by atoms with Crippen LogP contribution in [0.2, 0.25) is 0 Å². The maximum Gasteiger partial charge on any atom is 0.188 e. The predicted molar refractivity (Wildman–Crippen MR) is 64.2 cm³/mol. The van der Waals surface area contributed by atoms with Gasteiger partial charge in [-0.3, -0.25) is 10.4 Å². The van der Waals surface area contributed by atoms with Crippen LogP contribution in [-0.4, -0.2) is 35.3 Å². The fraction of sp³-hybridized carbons (Fsp3) is 0.222. The summed E-state index contributed by atoms with van der Waals surface area (Å²) < 4.78 is 4.76. The molecule has 1 heterocycles. The summed E-state index contributed by atoms with van der Waals surface area (Å²) in [4.78, 5) is 3.91. The van der Waals surface area contributed by atoms with Crippen LogP contribution >= 0.6 is 12.2 Å². The van der Waals surface area contributed by atoms with Gasteiger partial charge in [0, 0.05) is 7.11 Å². The lowest BCUT2D eigenvalue weighted by Crippen LogP contribution is -2.33. The normalized spacial score (nSPS) is 10.3. The largest absolute Gasteiger partial charge is 0.506 e. The predicted octanol–water partition coefficient (Wildman–Crippen LogP) is 0.189. The summed E-state index contributed by atoms with van der Waals surface area (Å²) in [6.07, 6.45) is 2.82. The second-order valence-electron chi connectivity index (χ2n) is 2.75. The molecule has 0 aromatic carbocycles. The molecule has 86 valence electrons. The minimum Gasteiger partial charge on any atom is -0.506 e. The first-order chi connectivity index (χ1) is 7.72. The second-order valence-corrected chi connectivity index (χ2v) is 3.16. The molecular weight excluding hydrogens is 228 g/mol. The third kappa shape index (κ3) is 4.67. The van der Waals surface area contributed by atoms with E-state index in [0.717, 1.165) is 0 Å². The molecule has 0 spiro atoms. The maximum absolute atomic E-state index is 9.00. The summed E-state index contributed by atoms with van der Waals surface area (Å²) in [5.41, 5.74) is 3.20. The van der Waals surface area contributed by atoms with Gasteiger partial charge in [0.25, 0.3) is 0 Å². The molecular formula is C9H12N4O2S. The van der Waals surface area contributed by atoms with Gasteiger partial charge in [-0.05, 0) is 24.4 Å². The van der Waals surface area contributed by atoms with Crippen LogP contribution in [0.5, 0.6) is 5.75 Å². The van der Waals surface area contributed by atoms with E-state index in [1.54, 1.807) is 13.2 Å². The smallest absolute Gasteiger partial charge is 0.188 e. The van der Waals surface area contributed by atoms with Gasteiger partial charge in [0.05, 0.1) is 18.1 Å². The maximum atomic E-state index is 9.00. The van der Waals surface area contributed by atoms with Crippen molar-refractivity contribution in [3.05, 3.63) is 24.0 Å². The molecule has 16 heavy (non-hydrogen) atoms. The number of hydrogen-bond acceptors (Lipinski definition) is 5. The van der Waals surface area contributed by atoms with E-state index in [1.165, 1.54) is 18.5 Å². The summed E-state index contributed by atoms with van der Waals surface area (Å²) in [6.45, 7) is 0.318. The molecule has 0 amide bonds. The van der Waals surface area contributed by atoms with Crippen molar-refractivity contribution in [3.63, 3.8) is 0 Å². The Bertz CT molecular complexity index is 366. The highest BCUT2D eigenvalue weighted by Gasteiger charge is 1.92. The Kier molecular flexibility index (Phi) is 5.17. The van der Waals surface area contributed by atoms with E-state index in [0.29, 0.717) is 17.5 Å². The summed E-state index contributed by atoms with van der Waals surface area (Å²) in [5, 5.41) is 16.0. The Morgan fingerprint density at radius 1 is 1.69 bits per heavy atom. The number of nitrogens with zero attached hydrogens (tertiary/aromatic N) is 2. The molecule has 1 aromatic rings. The molecule has 0 aliphatic carbocycles. The molecule has 0 fully saturated rings. The third-order valence-corrected chi connectivity index (χ3v) is 1.75. The van der Waals surface area contributed by atoms with Gasteiger partial charge in [-0.2, -0.15) is 5.10 Å². The van der Waals surface area contributed by atoms with Crippen molar-refractivity contribution in [3.8, 4) is 5.75 Å². The fourth-order valence-corrected chi connectivity index (χ4v) is 0.920. The molecule has 0 saturated heterocycles. The highest BCUT2D eigenvalue weighted by molar-refractivity contribution is 7.80. The van der Waals surface area contributed by atoms with E-state index in [4.69, 9.17) is 22.1 Å². The highest BCUT2D eigenvalue weighted by Crippen LogP contribution is 2.03. The number of hydrogen-bond donors (Lipinski definition) is 3. The molecule has 1 rings (SSSR count). The number of methoxy groups -OCH3 is 1. The molecule has 6 nitrogen and oxygen atoms in total. The Balaban J connectivity index is 2.37. The van der Waals surface area contributed by atoms with Crippen LogP contribution in [0.4, 0.5) is 0 Å². The number of pyridine rings is 1. The zero-order chi connectivity index (χ0) is 11.8.